The van der Waals surface area contributed by atoms with Crippen molar-refractivity contribution < 1.29 is 9.21 Å². The molecule has 2 aliphatic heterocycles. The van der Waals surface area contributed by atoms with E-state index in [1.54, 1.807) is 18.4 Å². The van der Waals surface area contributed by atoms with Gasteiger partial charge in [-0.2, -0.15) is 0 Å². The van der Waals surface area contributed by atoms with Crippen LogP contribution in [0.3, 0.4) is 0 Å². The van der Waals surface area contributed by atoms with Gasteiger partial charge in [0.15, 0.2) is 11.7 Å². The zero-order chi connectivity index (χ0) is 19.9. The van der Waals surface area contributed by atoms with Gasteiger partial charge in [0.2, 0.25) is 0 Å². The summed E-state index contributed by atoms with van der Waals surface area (Å²) in [5, 5.41) is 3.53. The molecule has 0 aliphatic carbocycles. The van der Waals surface area contributed by atoms with Crippen molar-refractivity contribution in [2.75, 3.05) is 79.5 Å². The molecule has 1 atom stereocenters. The van der Waals surface area contributed by atoms with Gasteiger partial charge in [-0.3, -0.25) is 9.79 Å². The molecule has 0 bridgehead atoms. The summed E-state index contributed by atoms with van der Waals surface area (Å²) in [6, 6.07) is 3.47. The molecule has 29 heavy (non-hydrogen) atoms. The molecule has 8 nitrogen and oxygen atoms in total. The first-order valence-electron chi connectivity index (χ1n) is 10.3. The molecule has 1 aromatic rings. The first-order chi connectivity index (χ1) is 13.6. The fraction of sp³-hybridized carbons (Fsp3) is 0.700. The monoisotopic (exact) mass is 518 g/mol. The van der Waals surface area contributed by atoms with Crippen molar-refractivity contribution in [1.29, 1.82) is 0 Å². The summed E-state index contributed by atoms with van der Waals surface area (Å²) in [4.78, 5) is 25.9. The van der Waals surface area contributed by atoms with Gasteiger partial charge in [-0.15, -0.1) is 24.0 Å². The fourth-order valence-corrected chi connectivity index (χ4v) is 3.81. The van der Waals surface area contributed by atoms with E-state index in [9.17, 15) is 4.79 Å². The summed E-state index contributed by atoms with van der Waals surface area (Å²) in [5.41, 5.74) is 0. The molecule has 0 aromatic carbocycles. The van der Waals surface area contributed by atoms with Gasteiger partial charge in [-0.1, -0.05) is 6.92 Å². The summed E-state index contributed by atoms with van der Waals surface area (Å²) in [7, 11) is 4.02. The zero-order valence-electron chi connectivity index (χ0n) is 17.8. The number of nitrogens with zero attached hydrogens (tertiary/aromatic N) is 5. The van der Waals surface area contributed by atoms with Gasteiger partial charge < -0.3 is 29.3 Å². The van der Waals surface area contributed by atoms with Crippen molar-refractivity contribution in [3.63, 3.8) is 0 Å². The van der Waals surface area contributed by atoms with Crippen LogP contribution in [0.1, 0.15) is 17.5 Å². The average molecular weight is 518 g/mol. The minimum absolute atomic E-state index is 0. The first-order valence-corrected chi connectivity index (χ1v) is 10.3. The van der Waals surface area contributed by atoms with Gasteiger partial charge >= 0.3 is 0 Å². The maximum atomic E-state index is 12.4. The van der Waals surface area contributed by atoms with Crippen molar-refractivity contribution in [2.45, 2.75) is 6.92 Å². The molecule has 3 heterocycles. The zero-order valence-corrected chi connectivity index (χ0v) is 20.2. The number of furan rings is 1. The molecule has 0 spiro atoms. The maximum Gasteiger partial charge on any atom is 0.289 e. The molecule has 2 aliphatic rings. The van der Waals surface area contributed by atoms with E-state index in [0.717, 1.165) is 58.3 Å². The lowest BCUT2D eigenvalue weighted by Gasteiger charge is -2.37. The van der Waals surface area contributed by atoms with E-state index in [-0.39, 0.29) is 29.9 Å². The fourth-order valence-electron chi connectivity index (χ4n) is 3.81. The van der Waals surface area contributed by atoms with E-state index >= 15 is 0 Å². The van der Waals surface area contributed by atoms with Crippen molar-refractivity contribution in [2.24, 2.45) is 10.9 Å². The molecule has 3 rings (SSSR count). The number of carbonyl (C=O) groups is 1. The van der Waals surface area contributed by atoms with Gasteiger partial charge in [0.05, 0.1) is 6.26 Å². The number of halogens is 1. The Morgan fingerprint density at radius 3 is 2.38 bits per heavy atom. The lowest BCUT2D eigenvalue weighted by atomic mass is 10.1. The number of likely N-dealkylation sites (N-methyl/N-ethyl adjacent to an activating group) is 1. The second-order valence-electron chi connectivity index (χ2n) is 7.89. The first kappa shape index (κ1) is 23.9. The Bertz CT molecular complexity index is 637. The van der Waals surface area contributed by atoms with Gasteiger partial charge in [-0.05, 0) is 25.1 Å². The van der Waals surface area contributed by atoms with E-state index in [0.29, 0.717) is 24.8 Å². The van der Waals surface area contributed by atoms with E-state index in [4.69, 9.17) is 4.42 Å². The molecule has 1 aromatic heterocycles. The minimum atomic E-state index is -0.0339. The Hall–Kier alpha value is -1.33. The second kappa shape index (κ2) is 11.8. The number of hydrogen-bond donors (Lipinski definition) is 1. The second-order valence-corrected chi connectivity index (χ2v) is 7.89. The number of amides is 1. The van der Waals surface area contributed by atoms with Crippen molar-refractivity contribution in [3.05, 3.63) is 24.2 Å². The minimum Gasteiger partial charge on any atom is -0.459 e. The van der Waals surface area contributed by atoms with E-state index < -0.39 is 0 Å². The highest BCUT2D eigenvalue weighted by Crippen LogP contribution is 2.10. The maximum absolute atomic E-state index is 12.4. The Kier molecular flexibility index (Phi) is 9.70. The highest BCUT2D eigenvalue weighted by molar-refractivity contribution is 14.0. The van der Waals surface area contributed by atoms with Crippen LogP contribution < -0.4 is 5.32 Å². The molecule has 1 N–H and O–H groups in total. The molecule has 1 amide bonds. The molecular weight excluding hydrogens is 483 g/mol. The molecule has 0 saturated carbocycles. The summed E-state index contributed by atoms with van der Waals surface area (Å²) in [6.45, 7) is 11.8. The Labute approximate surface area is 191 Å². The molecular formula is C20H35IN6O2. The van der Waals surface area contributed by atoms with E-state index in [1.165, 1.54) is 0 Å². The third-order valence-electron chi connectivity index (χ3n) is 5.58. The SMILES string of the molecule is CN=C(NCC(C)CN1CCN(C)CC1)N1CCN(C(=O)c2ccco2)CC1.I. The molecule has 1 unspecified atom stereocenters. The topological polar surface area (TPSA) is 67.6 Å². The lowest BCUT2D eigenvalue weighted by molar-refractivity contribution is 0.0657. The molecule has 0 radical (unpaired) electrons. The van der Waals surface area contributed by atoms with Gasteiger partial charge in [0.25, 0.3) is 5.91 Å². The summed E-state index contributed by atoms with van der Waals surface area (Å²) in [6.07, 6.45) is 1.54. The third kappa shape index (κ3) is 6.85. The van der Waals surface area contributed by atoms with Gasteiger partial charge in [-0.25, -0.2) is 0 Å². The molecule has 9 heteroatoms. The standard InChI is InChI=1S/C20H34N6O2.HI/c1-17(16-24-8-6-23(3)7-9-24)15-22-20(21-2)26-12-10-25(11-13-26)19(27)18-5-4-14-28-18;/h4-5,14,17H,6-13,15-16H2,1-3H3,(H,21,22);1H. The van der Waals surface area contributed by atoms with Crippen molar-refractivity contribution in [1.82, 2.24) is 24.9 Å². The summed E-state index contributed by atoms with van der Waals surface area (Å²) in [5.74, 6) is 1.86. The number of carbonyl (C=O) groups excluding carboxylic acids is 1. The number of aliphatic imine (C=N–C) groups is 1. The highest BCUT2D eigenvalue weighted by atomic mass is 127. The highest BCUT2D eigenvalue weighted by Gasteiger charge is 2.25. The number of nitrogens with one attached hydrogen (secondary N) is 1. The number of guanidine groups is 1. The van der Waals surface area contributed by atoms with Crippen LogP contribution in [0.2, 0.25) is 0 Å². The van der Waals surface area contributed by atoms with Crippen LogP contribution in [0.15, 0.2) is 27.8 Å². The van der Waals surface area contributed by atoms with Crippen LogP contribution in [0.4, 0.5) is 0 Å². The molecule has 2 fully saturated rings. The number of piperazine rings is 2. The Morgan fingerprint density at radius 1 is 1.14 bits per heavy atom. The number of rotatable bonds is 5. The Balaban J connectivity index is 0.00000300. The van der Waals surface area contributed by atoms with Crippen LogP contribution >= 0.6 is 24.0 Å². The predicted molar refractivity (Wildman–Crippen MR) is 126 cm³/mol. The van der Waals surface area contributed by atoms with E-state index in [2.05, 4.69) is 39.0 Å². The lowest BCUT2D eigenvalue weighted by Crippen LogP contribution is -2.54. The van der Waals surface area contributed by atoms with Crippen LogP contribution in [0.25, 0.3) is 0 Å². The van der Waals surface area contributed by atoms with E-state index in [1.807, 2.05) is 11.9 Å². The van der Waals surface area contributed by atoms with Crippen LogP contribution in [-0.4, -0.2) is 111 Å². The summed E-state index contributed by atoms with van der Waals surface area (Å²) < 4.78 is 5.23. The summed E-state index contributed by atoms with van der Waals surface area (Å²) >= 11 is 0. The number of hydrogen-bond acceptors (Lipinski definition) is 5. The largest absolute Gasteiger partial charge is 0.459 e. The van der Waals surface area contributed by atoms with Crippen molar-refractivity contribution in [3.8, 4) is 0 Å². The van der Waals surface area contributed by atoms with Crippen molar-refractivity contribution >= 4 is 35.8 Å². The predicted octanol–water partition coefficient (Wildman–Crippen LogP) is 1.11. The van der Waals surface area contributed by atoms with Crippen LogP contribution in [-0.2, 0) is 0 Å². The Morgan fingerprint density at radius 2 is 1.79 bits per heavy atom. The molecule has 164 valence electrons. The van der Waals surface area contributed by atoms with Crippen LogP contribution in [0, 0.1) is 5.92 Å². The van der Waals surface area contributed by atoms with Crippen LogP contribution in [0.5, 0.6) is 0 Å². The average Bonchev–Trinajstić information content (AvgIpc) is 3.25. The quantitative estimate of drug-likeness (QED) is 0.358. The normalized spacial score (nSPS) is 20.3. The molecule has 2 saturated heterocycles. The smallest absolute Gasteiger partial charge is 0.289 e. The van der Waals surface area contributed by atoms with Gasteiger partial charge in [0, 0.05) is 72.5 Å². The third-order valence-corrected chi connectivity index (χ3v) is 5.58. The van der Waals surface area contributed by atoms with Gasteiger partial charge in [0.1, 0.15) is 0 Å².